The Labute approximate surface area is 158 Å². The number of hydrogen-bond acceptors (Lipinski definition) is 4. The van der Waals surface area contributed by atoms with Crippen molar-refractivity contribution < 1.29 is 18.0 Å². The fourth-order valence-electron chi connectivity index (χ4n) is 3.68. The minimum atomic E-state index is -3.59. The van der Waals surface area contributed by atoms with Crippen LogP contribution >= 0.6 is 0 Å². The summed E-state index contributed by atoms with van der Waals surface area (Å²) in [7, 11) is -3.59. The molecule has 0 bridgehead atoms. The smallest absolute Gasteiger partial charge is 0.250 e. The molecule has 1 aliphatic carbocycles. The van der Waals surface area contributed by atoms with Gasteiger partial charge in [0.2, 0.25) is 10.0 Å². The van der Waals surface area contributed by atoms with Crippen LogP contribution in [0.3, 0.4) is 0 Å². The molecule has 0 aliphatic heterocycles. The molecule has 0 radical (unpaired) electrons. The van der Waals surface area contributed by atoms with Crippen molar-refractivity contribution in [3.63, 3.8) is 0 Å². The van der Waals surface area contributed by atoms with Crippen LogP contribution in [0.15, 0.2) is 24.3 Å². The second kappa shape index (κ2) is 6.23. The van der Waals surface area contributed by atoms with Gasteiger partial charge in [-0.3, -0.25) is 14.3 Å². The summed E-state index contributed by atoms with van der Waals surface area (Å²) in [4.78, 5) is 24.2. The number of Topliss-reactive ketones (excluding diaryl/α,β-unsaturated/α-hetero) is 1. The number of carbonyl (C=O) groups excluding carboxylic acids is 2. The van der Waals surface area contributed by atoms with Crippen LogP contribution in [0.4, 0.5) is 5.69 Å². The summed E-state index contributed by atoms with van der Waals surface area (Å²) in [5.41, 5.74) is 8.53. The summed E-state index contributed by atoms with van der Waals surface area (Å²) in [6.45, 7) is 5.99. The number of aromatic nitrogens is 1. The molecular formula is C19H23N3O4S. The van der Waals surface area contributed by atoms with Crippen LogP contribution in [0.25, 0.3) is 5.69 Å². The normalized spacial score (nSPS) is 16.1. The number of fused-ring (bicyclic) bond motifs is 1. The van der Waals surface area contributed by atoms with Crippen LogP contribution in [-0.2, 0) is 16.4 Å². The first-order chi connectivity index (χ1) is 12.4. The van der Waals surface area contributed by atoms with Crippen molar-refractivity contribution in [2.75, 3.05) is 11.0 Å². The Hall–Kier alpha value is -2.61. The number of aryl methyl sites for hydroxylation is 1. The molecule has 1 aromatic carbocycles. The van der Waals surface area contributed by atoms with Gasteiger partial charge < -0.3 is 10.3 Å². The number of nitrogens with one attached hydrogen (secondary N) is 1. The number of primary amides is 1. The van der Waals surface area contributed by atoms with Gasteiger partial charge in [0.15, 0.2) is 5.78 Å². The molecule has 1 aliphatic rings. The lowest BCUT2D eigenvalue weighted by Gasteiger charge is -2.30. The van der Waals surface area contributed by atoms with E-state index in [1.54, 1.807) is 12.1 Å². The van der Waals surface area contributed by atoms with E-state index >= 15 is 0 Å². The van der Waals surface area contributed by atoms with E-state index in [9.17, 15) is 18.0 Å². The highest BCUT2D eigenvalue weighted by Crippen LogP contribution is 2.38. The molecule has 0 spiro atoms. The van der Waals surface area contributed by atoms with Crippen LogP contribution in [0.5, 0.6) is 0 Å². The van der Waals surface area contributed by atoms with Crippen molar-refractivity contribution in [2.24, 2.45) is 11.1 Å². The van der Waals surface area contributed by atoms with Gasteiger partial charge in [-0.1, -0.05) is 13.8 Å². The van der Waals surface area contributed by atoms with Gasteiger partial charge in [0.1, 0.15) is 0 Å². The van der Waals surface area contributed by atoms with E-state index < -0.39 is 15.9 Å². The lowest BCUT2D eigenvalue weighted by atomic mass is 9.76. The quantitative estimate of drug-likeness (QED) is 0.836. The summed E-state index contributed by atoms with van der Waals surface area (Å²) in [5.74, 6) is -0.624. The number of carbonyl (C=O) groups is 2. The molecule has 0 fully saturated rings. The molecule has 2 aromatic rings. The third kappa shape index (κ3) is 3.75. The number of amides is 1. The lowest BCUT2D eigenvalue weighted by molar-refractivity contribution is 0.0910. The third-order valence-electron chi connectivity index (χ3n) is 4.69. The summed E-state index contributed by atoms with van der Waals surface area (Å²) < 4.78 is 27.7. The number of ketones is 1. The van der Waals surface area contributed by atoms with E-state index in [1.165, 1.54) is 6.07 Å². The molecular weight excluding hydrogens is 366 g/mol. The minimum absolute atomic E-state index is 0.0826. The maximum absolute atomic E-state index is 12.5. The second-order valence-electron chi connectivity index (χ2n) is 7.89. The number of hydrogen-bond donors (Lipinski definition) is 2. The van der Waals surface area contributed by atoms with Gasteiger partial charge in [0.25, 0.3) is 5.91 Å². The molecule has 144 valence electrons. The second-order valence-corrected chi connectivity index (χ2v) is 9.64. The number of nitrogens with zero attached hydrogens (tertiary/aromatic N) is 1. The third-order valence-corrected chi connectivity index (χ3v) is 5.29. The Morgan fingerprint density at radius 2 is 1.89 bits per heavy atom. The zero-order valence-electron chi connectivity index (χ0n) is 15.8. The maximum atomic E-state index is 12.5. The number of anilines is 1. The number of sulfonamides is 1. The zero-order valence-corrected chi connectivity index (χ0v) is 16.6. The monoisotopic (exact) mass is 389 g/mol. The predicted molar refractivity (Wildman–Crippen MR) is 104 cm³/mol. The summed E-state index contributed by atoms with van der Waals surface area (Å²) in [6.07, 6.45) is 2.22. The molecule has 1 amide bonds. The Kier molecular flexibility index (Phi) is 4.42. The summed E-state index contributed by atoms with van der Waals surface area (Å²) in [5, 5.41) is 0. The Morgan fingerprint density at radius 1 is 1.22 bits per heavy atom. The van der Waals surface area contributed by atoms with Crippen LogP contribution in [0.2, 0.25) is 0 Å². The van der Waals surface area contributed by atoms with E-state index in [1.807, 2.05) is 31.4 Å². The first-order valence-corrected chi connectivity index (χ1v) is 10.4. The average molecular weight is 389 g/mol. The first kappa shape index (κ1) is 19.2. The predicted octanol–water partition coefficient (Wildman–Crippen LogP) is 2.41. The molecule has 0 unspecified atom stereocenters. The molecule has 0 atom stereocenters. The van der Waals surface area contributed by atoms with Gasteiger partial charge in [-0.05, 0) is 43.0 Å². The van der Waals surface area contributed by atoms with E-state index in [0.29, 0.717) is 24.1 Å². The molecule has 1 heterocycles. The van der Waals surface area contributed by atoms with E-state index in [2.05, 4.69) is 4.72 Å². The SMILES string of the molecule is Cc1cc2c(n1-c1ccc(C(N)=O)c(NS(C)(=O)=O)c1)CC(C)(C)CC2=O. The van der Waals surface area contributed by atoms with E-state index in [-0.39, 0.29) is 22.4 Å². The van der Waals surface area contributed by atoms with Gasteiger partial charge in [0.05, 0.1) is 17.5 Å². The summed E-state index contributed by atoms with van der Waals surface area (Å²) in [6, 6.07) is 6.62. The number of benzene rings is 1. The Bertz CT molecular complexity index is 1060. The van der Waals surface area contributed by atoms with Crippen LogP contribution < -0.4 is 10.5 Å². The highest BCUT2D eigenvalue weighted by Gasteiger charge is 2.34. The highest BCUT2D eigenvalue weighted by molar-refractivity contribution is 7.92. The molecule has 3 rings (SSSR count). The lowest BCUT2D eigenvalue weighted by Crippen LogP contribution is -2.27. The average Bonchev–Trinajstić information content (AvgIpc) is 2.80. The van der Waals surface area contributed by atoms with Gasteiger partial charge in [-0.2, -0.15) is 0 Å². The first-order valence-electron chi connectivity index (χ1n) is 8.54. The molecule has 0 saturated carbocycles. The zero-order chi connectivity index (χ0) is 20.1. The fraction of sp³-hybridized carbons (Fsp3) is 0.368. The van der Waals surface area contributed by atoms with Crippen molar-refractivity contribution in [1.29, 1.82) is 0 Å². The molecule has 8 heteroatoms. The largest absolute Gasteiger partial charge is 0.366 e. The summed E-state index contributed by atoms with van der Waals surface area (Å²) >= 11 is 0. The standard InChI is InChI=1S/C19H23N3O4S/c1-11-7-14-16(9-19(2,3)10-17(14)23)22(11)12-5-6-13(18(20)24)15(8-12)21-27(4,25)26/h5-8,21H,9-10H2,1-4H3,(H2,20,24). The topological polar surface area (TPSA) is 111 Å². The van der Waals surface area contributed by atoms with Gasteiger partial charge in [0, 0.05) is 29.1 Å². The van der Waals surface area contributed by atoms with Crippen molar-refractivity contribution >= 4 is 27.4 Å². The Balaban J connectivity index is 2.20. The maximum Gasteiger partial charge on any atom is 0.250 e. The van der Waals surface area contributed by atoms with E-state index in [4.69, 9.17) is 5.73 Å². The van der Waals surface area contributed by atoms with Crippen molar-refractivity contribution in [3.8, 4) is 5.69 Å². The van der Waals surface area contributed by atoms with Crippen LogP contribution in [0.1, 0.15) is 52.4 Å². The number of rotatable bonds is 4. The highest BCUT2D eigenvalue weighted by atomic mass is 32.2. The van der Waals surface area contributed by atoms with Crippen molar-refractivity contribution in [1.82, 2.24) is 4.57 Å². The van der Waals surface area contributed by atoms with Crippen LogP contribution in [0, 0.1) is 12.3 Å². The van der Waals surface area contributed by atoms with Gasteiger partial charge in [-0.25, -0.2) is 8.42 Å². The fourth-order valence-corrected chi connectivity index (χ4v) is 4.25. The minimum Gasteiger partial charge on any atom is -0.366 e. The van der Waals surface area contributed by atoms with Gasteiger partial charge >= 0.3 is 0 Å². The van der Waals surface area contributed by atoms with Crippen LogP contribution in [-0.4, -0.2) is 30.9 Å². The molecule has 1 aromatic heterocycles. The molecule has 0 saturated heterocycles. The van der Waals surface area contributed by atoms with Gasteiger partial charge in [-0.15, -0.1) is 0 Å². The Morgan fingerprint density at radius 3 is 2.48 bits per heavy atom. The molecule has 3 N–H and O–H groups in total. The molecule has 7 nitrogen and oxygen atoms in total. The van der Waals surface area contributed by atoms with E-state index in [0.717, 1.165) is 17.6 Å². The van der Waals surface area contributed by atoms with Crippen molar-refractivity contribution in [2.45, 2.75) is 33.6 Å². The number of nitrogens with two attached hydrogens (primary N) is 1. The van der Waals surface area contributed by atoms with Crippen molar-refractivity contribution in [3.05, 3.63) is 46.8 Å². The molecule has 27 heavy (non-hydrogen) atoms.